The highest BCUT2D eigenvalue weighted by molar-refractivity contribution is 7.89. The number of hydrogen-bond acceptors (Lipinski definition) is 4. The summed E-state index contributed by atoms with van der Waals surface area (Å²) in [6, 6.07) is 10.3. The molecule has 1 fully saturated rings. The van der Waals surface area contributed by atoms with Crippen molar-refractivity contribution in [2.75, 3.05) is 45.0 Å². The lowest BCUT2D eigenvalue weighted by Gasteiger charge is -2.34. The molecule has 1 saturated heterocycles. The van der Waals surface area contributed by atoms with Gasteiger partial charge in [-0.1, -0.05) is 30.3 Å². The summed E-state index contributed by atoms with van der Waals surface area (Å²) < 4.78 is 26.2. The second-order valence-corrected chi connectivity index (χ2v) is 8.94. The van der Waals surface area contributed by atoms with Crippen molar-refractivity contribution in [1.82, 2.24) is 14.5 Å². The summed E-state index contributed by atoms with van der Waals surface area (Å²) in [5.74, 6) is -0.436. The second kappa shape index (κ2) is 9.52. The number of carbonyl (C=O) groups is 1. The molecule has 1 N–H and O–H groups in total. The third-order valence-electron chi connectivity index (χ3n) is 4.30. The van der Waals surface area contributed by atoms with E-state index < -0.39 is 15.4 Å². The summed E-state index contributed by atoms with van der Waals surface area (Å²) >= 11 is 5.64. The van der Waals surface area contributed by atoms with Crippen LogP contribution in [0.5, 0.6) is 0 Å². The topological polar surface area (TPSA) is 69.7 Å². The number of sulfonamides is 1. The van der Waals surface area contributed by atoms with Gasteiger partial charge in [-0.15, -0.1) is 11.6 Å². The number of hydrogen-bond donors (Lipinski definition) is 1. The van der Waals surface area contributed by atoms with Gasteiger partial charge >= 0.3 is 0 Å². The molecule has 2 rings (SSSR count). The third-order valence-corrected chi connectivity index (χ3v) is 6.37. The molecule has 1 unspecified atom stereocenters. The number of rotatable bonds is 8. The molecule has 1 amide bonds. The van der Waals surface area contributed by atoms with Gasteiger partial charge in [0.15, 0.2) is 0 Å². The maximum atomic E-state index is 12.3. The summed E-state index contributed by atoms with van der Waals surface area (Å²) in [5.41, 5.74) is 1.29. The lowest BCUT2D eigenvalue weighted by molar-refractivity contribution is -0.120. The molecule has 0 radical (unpaired) electrons. The molecule has 0 bridgehead atoms. The number of nitrogens with zero attached hydrogens (tertiary/aromatic N) is 2. The second-order valence-electron chi connectivity index (χ2n) is 6.20. The van der Waals surface area contributed by atoms with Crippen molar-refractivity contribution >= 4 is 27.5 Å². The molecular weight excluding hydrogens is 362 g/mol. The van der Waals surface area contributed by atoms with Crippen LogP contribution < -0.4 is 5.32 Å². The van der Waals surface area contributed by atoms with Crippen molar-refractivity contribution < 1.29 is 13.2 Å². The molecule has 1 aromatic rings. The first-order valence-electron chi connectivity index (χ1n) is 8.54. The first kappa shape index (κ1) is 20.2. The fourth-order valence-corrected chi connectivity index (χ4v) is 4.15. The number of nitrogens with one attached hydrogen (secondary N) is 1. The molecule has 0 spiro atoms. The van der Waals surface area contributed by atoms with E-state index in [1.165, 1.54) is 9.87 Å². The summed E-state index contributed by atoms with van der Waals surface area (Å²) in [6.45, 7) is 5.04. The van der Waals surface area contributed by atoms with Gasteiger partial charge in [0, 0.05) is 39.3 Å². The van der Waals surface area contributed by atoms with E-state index in [-0.39, 0.29) is 18.2 Å². The molecular formula is C17H26ClN3O3S. The van der Waals surface area contributed by atoms with E-state index in [0.29, 0.717) is 13.1 Å². The van der Waals surface area contributed by atoms with Crippen LogP contribution >= 0.6 is 11.6 Å². The Morgan fingerprint density at radius 2 is 1.84 bits per heavy atom. The van der Waals surface area contributed by atoms with Crippen LogP contribution in [0.4, 0.5) is 0 Å². The zero-order valence-electron chi connectivity index (χ0n) is 14.5. The van der Waals surface area contributed by atoms with Gasteiger partial charge < -0.3 is 10.2 Å². The van der Waals surface area contributed by atoms with Crippen LogP contribution in [0.25, 0.3) is 0 Å². The molecule has 0 aromatic heterocycles. The maximum absolute atomic E-state index is 12.3. The van der Waals surface area contributed by atoms with Gasteiger partial charge in [-0.2, -0.15) is 4.31 Å². The Morgan fingerprint density at radius 3 is 2.44 bits per heavy atom. The normalized spacial score (nSPS) is 18.0. The molecule has 6 nitrogen and oxygen atoms in total. The predicted octanol–water partition coefficient (Wildman–Crippen LogP) is 0.920. The van der Waals surface area contributed by atoms with E-state index in [1.54, 1.807) is 6.92 Å². The van der Waals surface area contributed by atoms with E-state index in [1.807, 2.05) is 18.2 Å². The van der Waals surface area contributed by atoms with Crippen LogP contribution in [0.1, 0.15) is 12.5 Å². The van der Waals surface area contributed by atoms with E-state index in [2.05, 4.69) is 22.3 Å². The van der Waals surface area contributed by atoms with Crippen LogP contribution in [0.15, 0.2) is 30.3 Å². The zero-order valence-corrected chi connectivity index (χ0v) is 16.1. The quantitative estimate of drug-likeness (QED) is 0.673. The van der Waals surface area contributed by atoms with Crippen LogP contribution in [0.2, 0.25) is 0 Å². The van der Waals surface area contributed by atoms with Crippen LogP contribution in [-0.4, -0.2) is 73.9 Å². The minimum atomic E-state index is -3.35. The monoisotopic (exact) mass is 387 g/mol. The standard InChI is InChI=1S/C17H26ClN3O3S/c1-15(18)17(22)19-8-14-25(23,24)21-12-10-20(11-13-21)9-7-16-5-3-2-4-6-16/h2-6,15H,7-14H2,1H3,(H,19,22). The average Bonchev–Trinajstić information content (AvgIpc) is 2.61. The highest BCUT2D eigenvalue weighted by Gasteiger charge is 2.26. The highest BCUT2D eigenvalue weighted by Crippen LogP contribution is 2.09. The summed E-state index contributed by atoms with van der Waals surface area (Å²) in [4.78, 5) is 13.7. The molecule has 0 saturated carbocycles. The Bertz CT molecular complexity index is 644. The Labute approximate surface area is 155 Å². The fraction of sp³-hybridized carbons (Fsp3) is 0.588. The largest absolute Gasteiger partial charge is 0.354 e. The van der Waals surface area contributed by atoms with Gasteiger partial charge in [0.2, 0.25) is 15.9 Å². The number of amides is 1. The maximum Gasteiger partial charge on any atom is 0.237 e. The van der Waals surface area contributed by atoms with Crippen LogP contribution in [0.3, 0.4) is 0 Å². The lowest BCUT2D eigenvalue weighted by atomic mass is 10.1. The summed E-state index contributed by atoms with van der Waals surface area (Å²) in [5, 5.41) is 1.88. The fourth-order valence-electron chi connectivity index (χ4n) is 2.74. The van der Waals surface area contributed by atoms with Gasteiger partial charge in [-0.3, -0.25) is 4.79 Å². The van der Waals surface area contributed by atoms with Gasteiger partial charge in [0.25, 0.3) is 0 Å². The average molecular weight is 388 g/mol. The van der Waals surface area contributed by atoms with Crippen molar-refractivity contribution in [3.63, 3.8) is 0 Å². The van der Waals surface area contributed by atoms with Gasteiger partial charge in [-0.05, 0) is 18.9 Å². The zero-order chi connectivity index (χ0) is 18.3. The number of alkyl halides is 1. The Kier molecular flexibility index (Phi) is 7.68. The minimum Gasteiger partial charge on any atom is -0.354 e. The van der Waals surface area contributed by atoms with E-state index in [9.17, 15) is 13.2 Å². The SMILES string of the molecule is CC(Cl)C(=O)NCCS(=O)(=O)N1CCN(CCc2ccccc2)CC1. The van der Waals surface area contributed by atoms with Crippen molar-refractivity contribution in [3.8, 4) is 0 Å². The summed E-state index contributed by atoms with van der Waals surface area (Å²) in [7, 11) is -3.35. The first-order chi connectivity index (χ1) is 11.9. The first-order valence-corrected chi connectivity index (χ1v) is 10.6. The Hall–Kier alpha value is -1.15. The molecule has 0 aliphatic carbocycles. The van der Waals surface area contributed by atoms with Crippen LogP contribution in [-0.2, 0) is 21.2 Å². The smallest absolute Gasteiger partial charge is 0.237 e. The van der Waals surface area contributed by atoms with E-state index in [4.69, 9.17) is 11.6 Å². The van der Waals surface area contributed by atoms with Crippen LogP contribution in [0, 0.1) is 0 Å². The van der Waals surface area contributed by atoms with Gasteiger partial charge in [0.1, 0.15) is 5.38 Å². The van der Waals surface area contributed by atoms with Crippen molar-refractivity contribution in [2.45, 2.75) is 18.7 Å². The molecule has 1 aliphatic heterocycles. The predicted molar refractivity (Wildman–Crippen MR) is 100 cm³/mol. The van der Waals surface area contributed by atoms with Crippen molar-refractivity contribution in [1.29, 1.82) is 0 Å². The molecule has 8 heteroatoms. The molecule has 25 heavy (non-hydrogen) atoms. The minimum absolute atomic E-state index is 0.0897. The molecule has 1 aromatic carbocycles. The van der Waals surface area contributed by atoms with Crippen molar-refractivity contribution in [3.05, 3.63) is 35.9 Å². The number of carbonyl (C=O) groups excluding carboxylic acids is 1. The molecule has 1 aliphatic rings. The van der Waals surface area contributed by atoms with E-state index in [0.717, 1.165) is 26.1 Å². The lowest BCUT2D eigenvalue weighted by Crippen LogP contribution is -2.50. The number of benzene rings is 1. The van der Waals surface area contributed by atoms with E-state index >= 15 is 0 Å². The molecule has 1 atom stereocenters. The van der Waals surface area contributed by atoms with Gasteiger partial charge in [0.05, 0.1) is 5.75 Å². The number of piperazine rings is 1. The van der Waals surface area contributed by atoms with Crippen molar-refractivity contribution in [2.24, 2.45) is 0 Å². The third kappa shape index (κ3) is 6.58. The Morgan fingerprint density at radius 1 is 1.20 bits per heavy atom. The molecule has 1 heterocycles. The molecule has 140 valence electrons. The Balaban J connectivity index is 1.72. The highest BCUT2D eigenvalue weighted by atomic mass is 35.5. The summed E-state index contributed by atoms with van der Waals surface area (Å²) in [6.07, 6.45) is 0.968. The van der Waals surface area contributed by atoms with Gasteiger partial charge in [-0.25, -0.2) is 8.42 Å². The number of halogens is 1.